The van der Waals surface area contributed by atoms with E-state index in [0.717, 1.165) is 5.56 Å². The third-order valence-corrected chi connectivity index (χ3v) is 4.61. The standard InChI is InChI=1S/C19H24N4O3/c1-14-18(15(2)26-21-14)19(25)23-10-8-22(9-11-23)13-17(24)20-12-16-6-4-3-5-7-16/h3-7H,8-13H2,1-2H3,(H,20,24). The second-order valence-electron chi connectivity index (χ2n) is 6.53. The van der Waals surface area contributed by atoms with Crippen molar-refractivity contribution in [1.82, 2.24) is 20.3 Å². The number of piperazine rings is 1. The van der Waals surface area contributed by atoms with Gasteiger partial charge in [0, 0.05) is 32.7 Å². The van der Waals surface area contributed by atoms with Gasteiger partial charge in [-0.2, -0.15) is 0 Å². The van der Waals surface area contributed by atoms with Crippen LogP contribution in [0.3, 0.4) is 0 Å². The molecule has 2 heterocycles. The molecule has 3 rings (SSSR count). The number of hydrogen-bond donors (Lipinski definition) is 1. The van der Waals surface area contributed by atoms with E-state index in [1.165, 1.54) is 0 Å². The number of carbonyl (C=O) groups excluding carboxylic acids is 2. The van der Waals surface area contributed by atoms with E-state index in [2.05, 4.69) is 15.4 Å². The van der Waals surface area contributed by atoms with Crippen LogP contribution < -0.4 is 5.32 Å². The Bertz CT molecular complexity index is 745. The number of carbonyl (C=O) groups is 2. The first kappa shape index (κ1) is 18.1. The van der Waals surface area contributed by atoms with Gasteiger partial charge < -0.3 is 14.7 Å². The van der Waals surface area contributed by atoms with Crippen LogP contribution in [0.25, 0.3) is 0 Å². The number of aryl methyl sites for hydroxylation is 2. The molecule has 0 unspecified atom stereocenters. The fourth-order valence-corrected chi connectivity index (χ4v) is 3.11. The highest BCUT2D eigenvalue weighted by Gasteiger charge is 2.27. The lowest BCUT2D eigenvalue weighted by Crippen LogP contribution is -2.51. The Labute approximate surface area is 152 Å². The van der Waals surface area contributed by atoms with Gasteiger partial charge in [-0.05, 0) is 19.4 Å². The number of benzene rings is 1. The Morgan fingerprint density at radius 1 is 1.12 bits per heavy atom. The summed E-state index contributed by atoms with van der Waals surface area (Å²) in [5.74, 6) is 0.504. The van der Waals surface area contributed by atoms with E-state index in [9.17, 15) is 9.59 Å². The van der Waals surface area contributed by atoms with Gasteiger partial charge in [-0.15, -0.1) is 0 Å². The summed E-state index contributed by atoms with van der Waals surface area (Å²) in [5, 5.41) is 6.78. The molecule has 1 aromatic heterocycles. The quantitative estimate of drug-likeness (QED) is 0.875. The van der Waals surface area contributed by atoms with Gasteiger partial charge in [0.05, 0.1) is 12.2 Å². The number of nitrogens with one attached hydrogen (secondary N) is 1. The van der Waals surface area contributed by atoms with Crippen LogP contribution in [0.4, 0.5) is 0 Å². The monoisotopic (exact) mass is 356 g/mol. The maximum absolute atomic E-state index is 12.6. The highest BCUT2D eigenvalue weighted by atomic mass is 16.5. The normalized spacial score (nSPS) is 15.1. The minimum absolute atomic E-state index is 0.000599. The van der Waals surface area contributed by atoms with Crippen LogP contribution in [0, 0.1) is 13.8 Å². The molecule has 0 saturated carbocycles. The zero-order chi connectivity index (χ0) is 18.5. The molecule has 2 amide bonds. The maximum atomic E-state index is 12.6. The number of hydrogen-bond acceptors (Lipinski definition) is 5. The van der Waals surface area contributed by atoms with E-state index in [0.29, 0.717) is 56.3 Å². The first-order valence-corrected chi connectivity index (χ1v) is 8.79. The Hall–Kier alpha value is -2.67. The number of amides is 2. The minimum Gasteiger partial charge on any atom is -0.361 e. The van der Waals surface area contributed by atoms with Gasteiger partial charge in [0.15, 0.2) is 0 Å². The topological polar surface area (TPSA) is 78.7 Å². The molecule has 1 N–H and O–H groups in total. The van der Waals surface area contributed by atoms with Gasteiger partial charge in [0.25, 0.3) is 5.91 Å². The Morgan fingerprint density at radius 3 is 2.42 bits per heavy atom. The lowest BCUT2D eigenvalue weighted by atomic mass is 10.1. The fraction of sp³-hybridized carbons (Fsp3) is 0.421. The molecule has 1 fully saturated rings. The van der Waals surface area contributed by atoms with Crippen LogP contribution in [0.2, 0.25) is 0 Å². The maximum Gasteiger partial charge on any atom is 0.259 e. The molecule has 0 bridgehead atoms. The van der Waals surface area contributed by atoms with Gasteiger partial charge in [0.2, 0.25) is 5.91 Å². The Morgan fingerprint density at radius 2 is 1.81 bits per heavy atom. The predicted molar refractivity (Wildman–Crippen MR) is 96.6 cm³/mol. The van der Waals surface area contributed by atoms with Crippen molar-refractivity contribution in [3.05, 3.63) is 52.9 Å². The lowest BCUT2D eigenvalue weighted by Gasteiger charge is -2.34. The second kappa shape index (κ2) is 8.14. The van der Waals surface area contributed by atoms with E-state index in [1.54, 1.807) is 18.7 Å². The van der Waals surface area contributed by atoms with E-state index < -0.39 is 0 Å². The third-order valence-electron chi connectivity index (χ3n) is 4.61. The van der Waals surface area contributed by atoms with Crippen LogP contribution in [0.15, 0.2) is 34.9 Å². The highest BCUT2D eigenvalue weighted by Crippen LogP contribution is 2.16. The smallest absolute Gasteiger partial charge is 0.259 e. The summed E-state index contributed by atoms with van der Waals surface area (Å²) in [6.45, 7) is 6.94. The van der Waals surface area contributed by atoms with E-state index >= 15 is 0 Å². The lowest BCUT2D eigenvalue weighted by molar-refractivity contribution is -0.122. The van der Waals surface area contributed by atoms with Crippen molar-refractivity contribution in [1.29, 1.82) is 0 Å². The molecule has 1 aliphatic rings. The van der Waals surface area contributed by atoms with Gasteiger partial charge in [-0.25, -0.2) is 0 Å². The van der Waals surface area contributed by atoms with Crippen molar-refractivity contribution in [2.75, 3.05) is 32.7 Å². The van der Waals surface area contributed by atoms with Crippen LogP contribution in [0.1, 0.15) is 27.4 Å². The molecular weight excluding hydrogens is 332 g/mol. The summed E-state index contributed by atoms with van der Waals surface area (Å²) < 4.78 is 5.08. The van der Waals surface area contributed by atoms with Crippen molar-refractivity contribution < 1.29 is 14.1 Å². The molecule has 7 heteroatoms. The van der Waals surface area contributed by atoms with Crippen molar-refractivity contribution in [3.63, 3.8) is 0 Å². The van der Waals surface area contributed by atoms with Gasteiger partial charge in [-0.3, -0.25) is 14.5 Å². The van der Waals surface area contributed by atoms with Crippen molar-refractivity contribution in [3.8, 4) is 0 Å². The van der Waals surface area contributed by atoms with Crippen molar-refractivity contribution in [2.45, 2.75) is 20.4 Å². The van der Waals surface area contributed by atoms with E-state index in [1.807, 2.05) is 30.3 Å². The molecule has 0 radical (unpaired) electrons. The number of nitrogens with zero attached hydrogens (tertiary/aromatic N) is 3. The minimum atomic E-state index is -0.0468. The van der Waals surface area contributed by atoms with Crippen molar-refractivity contribution >= 4 is 11.8 Å². The zero-order valence-corrected chi connectivity index (χ0v) is 15.2. The summed E-state index contributed by atoms with van der Waals surface area (Å²) in [4.78, 5) is 28.6. The molecule has 7 nitrogen and oxygen atoms in total. The SMILES string of the molecule is Cc1noc(C)c1C(=O)N1CCN(CC(=O)NCc2ccccc2)CC1. The molecule has 26 heavy (non-hydrogen) atoms. The molecular formula is C19H24N4O3. The predicted octanol–water partition coefficient (Wildman–Crippen LogP) is 1.37. The van der Waals surface area contributed by atoms with Gasteiger partial charge in [-0.1, -0.05) is 35.5 Å². The highest BCUT2D eigenvalue weighted by molar-refractivity contribution is 5.96. The van der Waals surface area contributed by atoms with Crippen molar-refractivity contribution in [2.24, 2.45) is 0 Å². The Kier molecular flexibility index (Phi) is 5.68. The average Bonchev–Trinajstić information content (AvgIpc) is 2.99. The third kappa shape index (κ3) is 4.29. The first-order valence-electron chi connectivity index (χ1n) is 8.79. The van der Waals surface area contributed by atoms with E-state index in [-0.39, 0.29) is 11.8 Å². The Balaban J connectivity index is 1.45. The van der Waals surface area contributed by atoms with Crippen LogP contribution >= 0.6 is 0 Å². The summed E-state index contributed by atoms with van der Waals surface area (Å²) >= 11 is 0. The first-order chi connectivity index (χ1) is 12.5. The summed E-state index contributed by atoms with van der Waals surface area (Å²) in [7, 11) is 0. The molecule has 1 aromatic carbocycles. The van der Waals surface area contributed by atoms with E-state index in [4.69, 9.17) is 4.52 Å². The summed E-state index contributed by atoms with van der Waals surface area (Å²) in [6.07, 6.45) is 0. The van der Waals surface area contributed by atoms with Gasteiger partial charge in [0.1, 0.15) is 11.3 Å². The fourth-order valence-electron chi connectivity index (χ4n) is 3.11. The molecule has 0 spiro atoms. The van der Waals surface area contributed by atoms with Crippen LogP contribution in [-0.2, 0) is 11.3 Å². The number of aromatic nitrogens is 1. The molecule has 1 aliphatic heterocycles. The average molecular weight is 356 g/mol. The van der Waals surface area contributed by atoms with Crippen LogP contribution in [-0.4, -0.2) is 59.5 Å². The molecule has 2 aromatic rings. The second-order valence-corrected chi connectivity index (χ2v) is 6.53. The summed E-state index contributed by atoms with van der Waals surface area (Å²) in [6, 6.07) is 9.83. The molecule has 1 saturated heterocycles. The number of rotatable bonds is 5. The molecule has 0 atom stereocenters. The summed E-state index contributed by atoms with van der Waals surface area (Å²) in [5.41, 5.74) is 2.25. The zero-order valence-electron chi connectivity index (χ0n) is 15.2. The molecule has 138 valence electrons. The molecule has 0 aliphatic carbocycles. The van der Waals surface area contributed by atoms with Crippen LogP contribution in [0.5, 0.6) is 0 Å². The largest absolute Gasteiger partial charge is 0.361 e. The van der Waals surface area contributed by atoms with Gasteiger partial charge >= 0.3 is 0 Å².